The van der Waals surface area contributed by atoms with Gasteiger partial charge in [0.15, 0.2) is 9.84 Å². The van der Waals surface area contributed by atoms with Gasteiger partial charge in [-0.3, -0.25) is 0 Å². The molecule has 0 amide bonds. The number of hydrogen-bond acceptors (Lipinski definition) is 2. The average molecular weight is 162 g/mol. The minimum absolute atomic E-state index is 0.0822. The van der Waals surface area contributed by atoms with Gasteiger partial charge in [0.2, 0.25) is 0 Å². The van der Waals surface area contributed by atoms with E-state index in [0.29, 0.717) is 11.5 Å². The molecule has 1 fully saturated rings. The lowest BCUT2D eigenvalue weighted by molar-refractivity contribution is 0.363. The molecule has 1 rings (SSSR count). The van der Waals surface area contributed by atoms with E-state index in [1.807, 2.05) is 0 Å². The molecule has 60 valence electrons. The molecule has 0 N–H and O–H groups in total. The lowest BCUT2D eigenvalue weighted by Crippen LogP contribution is -2.16. The molecule has 0 aromatic heterocycles. The summed E-state index contributed by atoms with van der Waals surface area (Å²) >= 11 is 0. The largest absolute Gasteiger partial charge is 0.229 e. The average Bonchev–Trinajstić information content (AvgIpc) is 2.08. The Balaban J connectivity index is 2.76. The molecule has 10 heavy (non-hydrogen) atoms. The molecule has 0 unspecified atom stereocenters. The first-order valence-corrected chi connectivity index (χ1v) is 5.50. The molecule has 1 aliphatic heterocycles. The second kappa shape index (κ2) is 2.22. The predicted molar refractivity (Wildman–Crippen MR) is 41.7 cm³/mol. The van der Waals surface area contributed by atoms with Crippen LogP contribution in [-0.2, 0) is 9.84 Å². The third-order valence-electron chi connectivity index (χ3n) is 2.44. The van der Waals surface area contributed by atoms with Crippen LogP contribution in [0.3, 0.4) is 0 Å². The Kier molecular flexibility index (Phi) is 1.79. The van der Waals surface area contributed by atoms with Gasteiger partial charge in [-0.2, -0.15) is 0 Å². The normalized spacial score (nSPS) is 38.2. The van der Waals surface area contributed by atoms with Gasteiger partial charge in [-0.05, 0) is 18.3 Å². The van der Waals surface area contributed by atoms with Crippen LogP contribution >= 0.6 is 0 Å². The van der Waals surface area contributed by atoms with Gasteiger partial charge in [0.1, 0.15) is 0 Å². The first-order chi connectivity index (χ1) is 4.47. The number of sulfone groups is 1. The Morgan fingerprint density at radius 2 is 2.10 bits per heavy atom. The van der Waals surface area contributed by atoms with Gasteiger partial charge in [-0.25, -0.2) is 8.42 Å². The summed E-state index contributed by atoms with van der Waals surface area (Å²) in [6, 6.07) is 0. The third kappa shape index (κ3) is 1.51. The third-order valence-corrected chi connectivity index (χ3v) is 4.40. The second-order valence-corrected chi connectivity index (χ2v) is 5.69. The van der Waals surface area contributed by atoms with Crippen LogP contribution in [0.2, 0.25) is 0 Å². The quantitative estimate of drug-likeness (QED) is 0.581. The SMILES string of the molecule is CC[C@@]1(C)CCS(=O)(=O)C1. The number of hydrogen-bond donors (Lipinski definition) is 0. The molecule has 0 aromatic carbocycles. The van der Waals surface area contributed by atoms with E-state index in [4.69, 9.17) is 0 Å². The van der Waals surface area contributed by atoms with Gasteiger partial charge in [-0.1, -0.05) is 13.8 Å². The zero-order chi connectivity index (χ0) is 7.83. The highest BCUT2D eigenvalue weighted by Crippen LogP contribution is 2.34. The lowest BCUT2D eigenvalue weighted by atomic mass is 9.88. The molecule has 0 aliphatic carbocycles. The van der Waals surface area contributed by atoms with Gasteiger partial charge in [0.05, 0.1) is 11.5 Å². The van der Waals surface area contributed by atoms with Gasteiger partial charge in [0.25, 0.3) is 0 Å². The molecule has 0 bridgehead atoms. The highest BCUT2D eigenvalue weighted by molar-refractivity contribution is 7.91. The van der Waals surface area contributed by atoms with Crippen LogP contribution in [0.15, 0.2) is 0 Å². The van der Waals surface area contributed by atoms with Crippen LogP contribution in [-0.4, -0.2) is 19.9 Å². The van der Waals surface area contributed by atoms with Crippen LogP contribution in [0.1, 0.15) is 26.7 Å². The minimum atomic E-state index is -2.67. The van der Waals surface area contributed by atoms with Crippen molar-refractivity contribution in [1.29, 1.82) is 0 Å². The van der Waals surface area contributed by atoms with Crippen molar-refractivity contribution in [1.82, 2.24) is 0 Å². The van der Waals surface area contributed by atoms with Crippen LogP contribution in [0.25, 0.3) is 0 Å². The first kappa shape index (κ1) is 8.05. The fraction of sp³-hybridized carbons (Fsp3) is 1.00. The summed E-state index contributed by atoms with van der Waals surface area (Å²) in [5.74, 6) is 0.799. The highest BCUT2D eigenvalue weighted by atomic mass is 32.2. The van der Waals surface area contributed by atoms with Crippen molar-refractivity contribution in [3.05, 3.63) is 0 Å². The number of rotatable bonds is 1. The molecular weight excluding hydrogens is 148 g/mol. The van der Waals surface area contributed by atoms with Crippen molar-refractivity contribution in [2.24, 2.45) is 5.41 Å². The molecule has 2 nitrogen and oxygen atoms in total. The molecule has 1 heterocycles. The molecule has 0 spiro atoms. The van der Waals surface area contributed by atoms with Crippen LogP contribution in [0, 0.1) is 5.41 Å². The summed E-state index contributed by atoms with van der Waals surface area (Å²) in [4.78, 5) is 0. The van der Waals surface area contributed by atoms with E-state index in [-0.39, 0.29) is 5.41 Å². The second-order valence-electron chi connectivity index (χ2n) is 3.51. The summed E-state index contributed by atoms with van der Waals surface area (Å²) in [5, 5.41) is 0. The Labute approximate surface area is 62.5 Å². The lowest BCUT2D eigenvalue weighted by Gasteiger charge is -2.17. The summed E-state index contributed by atoms with van der Waals surface area (Å²) in [6.45, 7) is 4.11. The monoisotopic (exact) mass is 162 g/mol. The van der Waals surface area contributed by atoms with Crippen molar-refractivity contribution in [3.8, 4) is 0 Å². The van der Waals surface area contributed by atoms with E-state index in [0.717, 1.165) is 12.8 Å². The van der Waals surface area contributed by atoms with Crippen molar-refractivity contribution in [3.63, 3.8) is 0 Å². The topological polar surface area (TPSA) is 34.1 Å². The van der Waals surface area contributed by atoms with Crippen molar-refractivity contribution in [2.45, 2.75) is 26.7 Å². The molecule has 0 radical (unpaired) electrons. The van der Waals surface area contributed by atoms with E-state index in [9.17, 15) is 8.42 Å². The molecule has 0 aromatic rings. The Morgan fingerprint density at radius 1 is 1.50 bits per heavy atom. The molecular formula is C7H14O2S. The maximum absolute atomic E-state index is 11.0. The molecule has 3 heteroatoms. The smallest absolute Gasteiger partial charge is 0.150 e. The van der Waals surface area contributed by atoms with E-state index in [2.05, 4.69) is 13.8 Å². The summed E-state index contributed by atoms with van der Waals surface area (Å²) in [5.41, 5.74) is 0.0822. The zero-order valence-electron chi connectivity index (χ0n) is 6.55. The van der Waals surface area contributed by atoms with Crippen LogP contribution in [0.4, 0.5) is 0 Å². The molecule has 1 aliphatic rings. The van der Waals surface area contributed by atoms with Gasteiger partial charge in [0, 0.05) is 0 Å². The fourth-order valence-corrected chi connectivity index (χ4v) is 3.71. The summed E-state index contributed by atoms with van der Waals surface area (Å²) in [7, 11) is -2.67. The standard InChI is InChI=1S/C7H14O2S/c1-3-7(2)4-5-10(8,9)6-7/h3-6H2,1-2H3/t7-/m0/s1. The Hall–Kier alpha value is -0.0500. The molecule has 0 saturated carbocycles. The Bertz CT molecular complexity index is 218. The van der Waals surface area contributed by atoms with Crippen molar-refractivity contribution >= 4 is 9.84 Å². The molecule has 1 atom stereocenters. The van der Waals surface area contributed by atoms with Gasteiger partial charge >= 0.3 is 0 Å². The highest BCUT2D eigenvalue weighted by Gasteiger charge is 2.36. The predicted octanol–water partition coefficient (Wildman–Crippen LogP) is 1.22. The summed E-state index contributed by atoms with van der Waals surface area (Å²) < 4.78 is 22.0. The first-order valence-electron chi connectivity index (χ1n) is 3.68. The van der Waals surface area contributed by atoms with Gasteiger partial charge in [-0.15, -0.1) is 0 Å². The van der Waals surface area contributed by atoms with Crippen molar-refractivity contribution in [2.75, 3.05) is 11.5 Å². The maximum atomic E-state index is 11.0. The minimum Gasteiger partial charge on any atom is -0.229 e. The van der Waals surface area contributed by atoms with Crippen molar-refractivity contribution < 1.29 is 8.42 Å². The summed E-state index contributed by atoms with van der Waals surface area (Å²) in [6.07, 6.45) is 1.83. The van der Waals surface area contributed by atoms with E-state index in [1.165, 1.54) is 0 Å². The van der Waals surface area contributed by atoms with Gasteiger partial charge < -0.3 is 0 Å². The maximum Gasteiger partial charge on any atom is 0.150 e. The van der Waals surface area contributed by atoms with E-state index in [1.54, 1.807) is 0 Å². The Morgan fingerprint density at radius 3 is 2.30 bits per heavy atom. The fourth-order valence-electron chi connectivity index (χ4n) is 1.36. The van der Waals surface area contributed by atoms with Crippen LogP contribution in [0.5, 0.6) is 0 Å². The van der Waals surface area contributed by atoms with E-state index >= 15 is 0 Å². The van der Waals surface area contributed by atoms with E-state index < -0.39 is 9.84 Å². The molecule has 1 saturated heterocycles. The zero-order valence-corrected chi connectivity index (χ0v) is 7.37. The van der Waals surface area contributed by atoms with Crippen LogP contribution < -0.4 is 0 Å².